The molecule has 0 spiro atoms. The molecule has 4 heteroatoms. The number of hydrogen-bond donors (Lipinski definition) is 0. The molecule has 0 aliphatic carbocycles. The summed E-state index contributed by atoms with van der Waals surface area (Å²) in [7, 11) is 1.66. The van der Waals surface area contributed by atoms with Crippen molar-refractivity contribution < 1.29 is 9.53 Å². The van der Waals surface area contributed by atoms with Crippen LogP contribution >= 0.6 is 22.7 Å². The van der Waals surface area contributed by atoms with Crippen molar-refractivity contribution in [2.75, 3.05) is 13.7 Å². The summed E-state index contributed by atoms with van der Waals surface area (Å²) in [6.07, 6.45) is 0.793. The maximum atomic E-state index is 12.1. The summed E-state index contributed by atoms with van der Waals surface area (Å²) < 4.78 is 7.43. The third kappa shape index (κ3) is 2.34. The van der Waals surface area contributed by atoms with E-state index in [2.05, 4.69) is 11.4 Å². The van der Waals surface area contributed by atoms with E-state index in [1.165, 1.54) is 9.40 Å². The molecule has 2 aromatic rings. The highest BCUT2D eigenvalue weighted by molar-refractivity contribution is 7.27. The molecule has 2 aromatic heterocycles. The number of rotatable bonds is 5. The molecule has 0 radical (unpaired) electrons. The summed E-state index contributed by atoms with van der Waals surface area (Å²) in [6.45, 7) is 2.61. The van der Waals surface area contributed by atoms with Gasteiger partial charge in [-0.05, 0) is 23.9 Å². The van der Waals surface area contributed by atoms with E-state index in [1.54, 1.807) is 29.8 Å². The molecule has 0 saturated heterocycles. The summed E-state index contributed by atoms with van der Waals surface area (Å²) in [6, 6.07) is 4.08. The Morgan fingerprint density at radius 3 is 3.00 bits per heavy atom. The predicted molar refractivity (Wildman–Crippen MR) is 69.7 cm³/mol. The molecule has 1 atom stereocenters. The Kier molecular flexibility index (Phi) is 3.74. The van der Waals surface area contributed by atoms with E-state index in [0.717, 1.165) is 11.3 Å². The van der Waals surface area contributed by atoms with Crippen molar-refractivity contribution in [1.82, 2.24) is 0 Å². The predicted octanol–water partition coefficient (Wildman–Crippen LogP) is 3.82. The Morgan fingerprint density at radius 2 is 2.31 bits per heavy atom. The number of carbonyl (C=O) groups is 1. The summed E-state index contributed by atoms with van der Waals surface area (Å²) >= 11 is 3.28. The molecule has 16 heavy (non-hydrogen) atoms. The van der Waals surface area contributed by atoms with Gasteiger partial charge < -0.3 is 4.74 Å². The number of methoxy groups -OCH3 is 1. The molecule has 0 amide bonds. The zero-order valence-electron chi connectivity index (χ0n) is 9.36. The van der Waals surface area contributed by atoms with Crippen molar-refractivity contribution in [2.24, 2.45) is 5.92 Å². The number of thiophene rings is 2. The second-order valence-electron chi connectivity index (χ2n) is 3.81. The van der Waals surface area contributed by atoms with Crippen LogP contribution in [0.2, 0.25) is 0 Å². The summed E-state index contributed by atoms with van der Waals surface area (Å²) in [5.74, 6) is 0.290. The molecule has 1 unspecified atom stereocenters. The minimum absolute atomic E-state index is 0.0488. The van der Waals surface area contributed by atoms with Gasteiger partial charge >= 0.3 is 0 Å². The van der Waals surface area contributed by atoms with Gasteiger partial charge in [0.05, 0.1) is 4.88 Å². The standard InChI is InChI=1S/C12H14O2S2/c1-8(3-5-14-2)12(13)11-7-10-9(16-11)4-6-15-10/h4,6-8H,3,5H2,1-2H3. The lowest BCUT2D eigenvalue weighted by molar-refractivity contribution is 0.0898. The van der Waals surface area contributed by atoms with Crippen LogP contribution in [0.3, 0.4) is 0 Å². The van der Waals surface area contributed by atoms with E-state index in [0.29, 0.717) is 6.61 Å². The zero-order chi connectivity index (χ0) is 11.5. The fourth-order valence-electron chi connectivity index (χ4n) is 1.56. The lowest BCUT2D eigenvalue weighted by atomic mass is 10.0. The molecule has 0 aliphatic heterocycles. The Hall–Kier alpha value is -0.710. The van der Waals surface area contributed by atoms with Crippen LogP contribution in [0.5, 0.6) is 0 Å². The van der Waals surface area contributed by atoms with Gasteiger partial charge in [0.25, 0.3) is 0 Å². The van der Waals surface area contributed by atoms with Crippen LogP contribution in [0.4, 0.5) is 0 Å². The Labute approximate surface area is 103 Å². The first kappa shape index (κ1) is 11.8. The first-order chi connectivity index (χ1) is 7.72. The molecule has 0 saturated carbocycles. The van der Waals surface area contributed by atoms with Gasteiger partial charge in [0.1, 0.15) is 0 Å². The van der Waals surface area contributed by atoms with Crippen LogP contribution in [0, 0.1) is 5.92 Å². The Bertz CT molecular complexity index is 455. The average Bonchev–Trinajstić information content (AvgIpc) is 2.84. The van der Waals surface area contributed by atoms with Gasteiger partial charge in [0.2, 0.25) is 0 Å². The number of hydrogen-bond acceptors (Lipinski definition) is 4. The minimum atomic E-state index is 0.0488. The number of fused-ring (bicyclic) bond motifs is 1. The average molecular weight is 254 g/mol. The van der Waals surface area contributed by atoms with E-state index in [4.69, 9.17) is 4.74 Å². The van der Waals surface area contributed by atoms with Crippen LogP contribution < -0.4 is 0 Å². The normalized spacial score (nSPS) is 13.1. The molecule has 0 bridgehead atoms. The van der Waals surface area contributed by atoms with Gasteiger partial charge in [0, 0.05) is 29.0 Å². The number of ketones is 1. The van der Waals surface area contributed by atoms with Gasteiger partial charge in [-0.3, -0.25) is 4.79 Å². The van der Waals surface area contributed by atoms with E-state index >= 15 is 0 Å². The molecule has 0 aliphatic rings. The Balaban J connectivity index is 2.12. The van der Waals surface area contributed by atoms with E-state index in [-0.39, 0.29) is 11.7 Å². The number of Topliss-reactive ketones (excluding diaryl/α,β-unsaturated/α-hetero) is 1. The topological polar surface area (TPSA) is 26.3 Å². The number of carbonyl (C=O) groups excluding carboxylic acids is 1. The molecule has 2 rings (SSSR count). The zero-order valence-corrected chi connectivity index (χ0v) is 11.0. The fourth-order valence-corrected chi connectivity index (χ4v) is 3.72. The maximum absolute atomic E-state index is 12.1. The lowest BCUT2D eigenvalue weighted by Gasteiger charge is -2.07. The van der Waals surface area contributed by atoms with Gasteiger partial charge in [-0.1, -0.05) is 6.92 Å². The highest BCUT2D eigenvalue weighted by atomic mass is 32.1. The van der Waals surface area contributed by atoms with Crippen molar-refractivity contribution in [2.45, 2.75) is 13.3 Å². The van der Waals surface area contributed by atoms with Crippen LogP contribution in [-0.2, 0) is 4.74 Å². The Morgan fingerprint density at radius 1 is 1.50 bits per heavy atom. The SMILES string of the molecule is COCCC(C)C(=O)c1cc2sccc2s1. The molecular weight excluding hydrogens is 240 g/mol. The summed E-state index contributed by atoms with van der Waals surface area (Å²) in [5, 5.41) is 2.06. The van der Waals surface area contributed by atoms with Crippen LogP contribution in [0.25, 0.3) is 9.40 Å². The van der Waals surface area contributed by atoms with Crippen molar-refractivity contribution in [3.63, 3.8) is 0 Å². The molecule has 86 valence electrons. The van der Waals surface area contributed by atoms with Crippen molar-refractivity contribution in [3.8, 4) is 0 Å². The quantitative estimate of drug-likeness (QED) is 0.758. The molecule has 2 heterocycles. The minimum Gasteiger partial charge on any atom is -0.385 e. The molecule has 2 nitrogen and oxygen atoms in total. The third-order valence-corrected chi connectivity index (χ3v) is 4.69. The molecule has 0 N–H and O–H groups in total. The highest BCUT2D eigenvalue weighted by Gasteiger charge is 2.17. The van der Waals surface area contributed by atoms with Crippen LogP contribution in [0.15, 0.2) is 17.5 Å². The van der Waals surface area contributed by atoms with Gasteiger partial charge in [-0.25, -0.2) is 0 Å². The second-order valence-corrected chi connectivity index (χ2v) is 5.84. The van der Waals surface area contributed by atoms with Gasteiger partial charge in [0.15, 0.2) is 5.78 Å². The summed E-state index contributed by atoms with van der Waals surface area (Å²) in [4.78, 5) is 13.0. The van der Waals surface area contributed by atoms with E-state index in [1.807, 2.05) is 13.0 Å². The lowest BCUT2D eigenvalue weighted by Crippen LogP contribution is -2.11. The highest BCUT2D eigenvalue weighted by Crippen LogP contribution is 2.31. The van der Waals surface area contributed by atoms with Crippen LogP contribution in [-0.4, -0.2) is 19.5 Å². The summed E-state index contributed by atoms with van der Waals surface area (Å²) in [5.41, 5.74) is 0. The second kappa shape index (κ2) is 5.08. The maximum Gasteiger partial charge on any atom is 0.175 e. The van der Waals surface area contributed by atoms with Gasteiger partial charge in [-0.15, -0.1) is 22.7 Å². The smallest absolute Gasteiger partial charge is 0.175 e. The first-order valence-electron chi connectivity index (χ1n) is 5.22. The van der Waals surface area contributed by atoms with Crippen molar-refractivity contribution in [1.29, 1.82) is 0 Å². The van der Waals surface area contributed by atoms with E-state index in [9.17, 15) is 4.79 Å². The molecule has 0 aromatic carbocycles. The fraction of sp³-hybridized carbons (Fsp3) is 0.417. The number of ether oxygens (including phenoxy) is 1. The molecular formula is C12H14O2S2. The largest absolute Gasteiger partial charge is 0.385 e. The third-order valence-electron chi connectivity index (χ3n) is 2.58. The van der Waals surface area contributed by atoms with Gasteiger partial charge in [-0.2, -0.15) is 0 Å². The van der Waals surface area contributed by atoms with E-state index < -0.39 is 0 Å². The first-order valence-corrected chi connectivity index (χ1v) is 6.92. The molecule has 0 fully saturated rings. The monoisotopic (exact) mass is 254 g/mol. The van der Waals surface area contributed by atoms with Crippen LogP contribution in [0.1, 0.15) is 23.0 Å². The van der Waals surface area contributed by atoms with Crippen molar-refractivity contribution in [3.05, 3.63) is 22.4 Å². The van der Waals surface area contributed by atoms with Crippen molar-refractivity contribution >= 4 is 37.9 Å².